The second-order valence-corrected chi connectivity index (χ2v) is 4.53. The van der Waals surface area contributed by atoms with Crippen LogP contribution in [0.5, 0.6) is 0 Å². The van der Waals surface area contributed by atoms with E-state index in [-0.39, 0.29) is 0 Å². The molecule has 0 saturated carbocycles. The zero-order valence-corrected chi connectivity index (χ0v) is 9.92. The third-order valence-electron chi connectivity index (χ3n) is 3.31. The molecule has 15 heavy (non-hydrogen) atoms. The lowest BCUT2D eigenvalue weighted by atomic mass is 10.0. The highest BCUT2D eigenvalue weighted by atomic mass is 15.1. The molecule has 0 amide bonds. The summed E-state index contributed by atoms with van der Waals surface area (Å²) >= 11 is 0. The highest BCUT2D eigenvalue weighted by Gasteiger charge is 2.13. The van der Waals surface area contributed by atoms with Crippen LogP contribution in [0.2, 0.25) is 0 Å². The molecule has 0 radical (unpaired) electrons. The first-order valence-electron chi connectivity index (χ1n) is 6.15. The first-order valence-corrected chi connectivity index (χ1v) is 6.15. The molecule has 0 atom stereocenters. The molecule has 1 aromatic carbocycles. The molecule has 1 saturated heterocycles. The van der Waals surface area contributed by atoms with Crippen molar-refractivity contribution in [2.75, 3.05) is 18.0 Å². The number of rotatable bonds is 2. The zero-order chi connectivity index (χ0) is 10.7. The number of anilines is 1. The quantitative estimate of drug-likeness (QED) is 0.710. The van der Waals surface area contributed by atoms with Gasteiger partial charge in [-0.25, -0.2) is 0 Å². The van der Waals surface area contributed by atoms with Crippen LogP contribution in [-0.4, -0.2) is 13.1 Å². The number of hydrogen-bond acceptors (Lipinski definition) is 1. The number of aryl methyl sites for hydroxylation is 2. The summed E-state index contributed by atoms with van der Waals surface area (Å²) in [6, 6.07) is 6.88. The lowest BCUT2D eigenvalue weighted by molar-refractivity contribution is 0.576. The molecule has 0 N–H and O–H groups in total. The summed E-state index contributed by atoms with van der Waals surface area (Å²) in [5.41, 5.74) is 4.37. The second kappa shape index (κ2) is 4.69. The van der Waals surface area contributed by atoms with Crippen molar-refractivity contribution in [3.63, 3.8) is 0 Å². The van der Waals surface area contributed by atoms with Crippen LogP contribution < -0.4 is 4.90 Å². The lowest BCUT2D eigenvalue weighted by Gasteiger charge is -2.30. The number of hydrogen-bond donors (Lipinski definition) is 0. The van der Waals surface area contributed by atoms with Gasteiger partial charge in [0.1, 0.15) is 0 Å². The summed E-state index contributed by atoms with van der Waals surface area (Å²) in [6.45, 7) is 6.92. The van der Waals surface area contributed by atoms with Gasteiger partial charge in [-0.1, -0.05) is 24.6 Å². The Balaban J connectivity index is 2.25. The topological polar surface area (TPSA) is 3.24 Å². The molecule has 1 heterocycles. The molecular formula is C14H21N. The molecule has 0 aliphatic carbocycles. The van der Waals surface area contributed by atoms with E-state index >= 15 is 0 Å². The first-order chi connectivity index (χ1) is 7.31. The Morgan fingerprint density at radius 3 is 2.53 bits per heavy atom. The Hall–Kier alpha value is -0.980. The molecule has 1 aliphatic heterocycles. The van der Waals surface area contributed by atoms with Gasteiger partial charge in [0.25, 0.3) is 0 Å². The van der Waals surface area contributed by atoms with E-state index in [1.807, 2.05) is 0 Å². The van der Waals surface area contributed by atoms with Crippen molar-refractivity contribution in [2.45, 2.75) is 39.5 Å². The van der Waals surface area contributed by atoms with Crippen LogP contribution >= 0.6 is 0 Å². The van der Waals surface area contributed by atoms with E-state index in [0.717, 1.165) is 6.42 Å². The highest BCUT2D eigenvalue weighted by molar-refractivity contribution is 5.55. The van der Waals surface area contributed by atoms with E-state index in [0.29, 0.717) is 0 Å². The monoisotopic (exact) mass is 203 g/mol. The van der Waals surface area contributed by atoms with Crippen LogP contribution in [0, 0.1) is 6.92 Å². The largest absolute Gasteiger partial charge is 0.371 e. The molecule has 0 bridgehead atoms. The Morgan fingerprint density at radius 2 is 1.87 bits per heavy atom. The second-order valence-electron chi connectivity index (χ2n) is 4.53. The molecule has 1 aromatic rings. The molecule has 0 aromatic heterocycles. The average Bonchev–Trinajstić information content (AvgIpc) is 2.30. The maximum Gasteiger partial charge on any atom is 0.0398 e. The molecule has 0 unspecified atom stereocenters. The SMILES string of the molecule is CCc1cc(C)ccc1N1CCCCC1. The van der Waals surface area contributed by atoms with Crippen LogP contribution in [0.4, 0.5) is 5.69 Å². The Morgan fingerprint density at radius 1 is 1.13 bits per heavy atom. The maximum atomic E-state index is 2.56. The van der Waals surface area contributed by atoms with E-state index in [1.54, 1.807) is 0 Å². The van der Waals surface area contributed by atoms with Gasteiger partial charge in [0.05, 0.1) is 0 Å². The van der Waals surface area contributed by atoms with E-state index in [2.05, 4.69) is 36.9 Å². The molecule has 1 nitrogen and oxygen atoms in total. The van der Waals surface area contributed by atoms with Gasteiger partial charge in [-0.3, -0.25) is 0 Å². The van der Waals surface area contributed by atoms with Crippen molar-refractivity contribution < 1.29 is 0 Å². The van der Waals surface area contributed by atoms with Crippen LogP contribution in [0.15, 0.2) is 18.2 Å². The fraction of sp³-hybridized carbons (Fsp3) is 0.571. The Labute approximate surface area is 93.1 Å². The van der Waals surface area contributed by atoms with Gasteiger partial charge in [0, 0.05) is 18.8 Å². The Bertz CT molecular complexity index is 324. The van der Waals surface area contributed by atoms with Crippen molar-refractivity contribution in [1.82, 2.24) is 0 Å². The van der Waals surface area contributed by atoms with Crippen LogP contribution in [0.1, 0.15) is 37.3 Å². The fourth-order valence-corrected chi connectivity index (χ4v) is 2.44. The normalized spacial score (nSPS) is 16.8. The zero-order valence-electron chi connectivity index (χ0n) is 9.92. The van der Waals surface area contributed by atoms with Crippen LogP contribution in [0.3, 0.4) is 0 Å². The van der Waals surface area contributed by atoms with Gasteiger partial charge >= 0.3 is 0 Å². The third kappa shape index (κ3) is 2.34. The van der Waals surface area contributed by atoms with E-state index in [9.17, 15) is 0 Å². The first kappa shape index (κ1) is 10.5. The van der Waals surface area contributed by atoms with Crippen LogP contribution in [0.25, 0.3) is 0 Å². The van der Waals surface area contributed by atoms with Gasteiger partial charge < -0.3 is 4.90 Å². The van der Waals surface area contributed by atoms with Crippen LogP contribution in [-0.2, 0) is 6.42 Å². The minimum Gasteiger partial charge on any atom is -0.371 e. The van der Waals surface area contributed by atoms with Crippen molar-refractivity contribution in [3.05, 3.63) is 29.3 Å². The van der Waals surface area contributed by atoms with Crippen molar-refractivity contribution >= 4 is 5.69 Å². The number of piperidine rings is 1. The Kier molecular flexibility index (Phi) is 3.30. The molecule has 1 heteroatoms. The predicted molar refractivity (Wildman–Crippen MR) is 66.6 cm³/mol. The standard InChI is InChI=1S/C14H21N/c1-3-13-11-12(2)7-8-14(13)15-9-5-4-6-10-15/h7-8,11H,3-6,9-10H2,1-2H3. The highest BCUT2D eigenvalue weighted by Crippen LogP contribution is 2.25. The summed E-state index contributed by atoms with van der Waals surface area (Å²) in [5, 5.41) is 0. The third-order valence-corrected chi connectivity index (χ3v) is 3.31. The number of nitrogens with zero attached hydrogens (tertiary/aromatic N) is 1. The fourth-order valence-electron chi connectivity index (χ4n) is 2.44. The lowest BCUT2D eigenvalue weighted by Crippen LogP contribution is -2.30. The molecule has 0 spiro atoms. The molecule has 82 valence electrons. The van der Waals surface area contributed by atoms with E-state index in [4.69, 9.17) is 0 Å². The minimum atomic E-state index is 1.15. The van der Waals surface area contributed by atoms with Gasteiger partial charge in [0.2, 0.25) is 0 Å². The van der Waals surface area contributed by atoms with Gasteiger partial charge in [-0.15, -0.1) is 0 Å². The van der Waals surface area contributed by atoms with E-state index < -0.39 is 0 Å². The smallest absolute Gasteiger partial charge is 0.0398 e. The summed E-state index contributed by atoms with van der Waals surface area (Å²) in [7, 11) is 0. The molecular weight excluding hydrogens is 182 g/mol. The molecule has 1 aliphatic rings. The molecule has 1 fully saturated rings. The average molecular weight is 203 g/mol. The summed E-state index contributed by atoms with van der Waals surface area (Å²) < 4.78 is 0. The van der Waals surface area contributed by atoms with Gasteiger partial charge in [-0.2, -0.15) is 0 Å². The molecule has 2 rings (SSSR count). The number of benzene rings is 1. The van der Waals surface area contributed by atoms with Crippen molar-refractivity contribution in [1.29, 1.82) is 0 Å². The summed E-state index contributed by atoms with van der Waals surface area (Å²) in [5.74, 6) is 0. The maximum absolute atomic E-state index is 2.56. The van der Waals surface area contributed by atoms with Crippen molar-refractivity contribution in [2.24, 2.45) is 0 Å². The van der Waals surface area contributed by atoms with Crippen molar-refractivity contribution in [3.8, 4) is 0 Å². The summed E-state index contributed by atoms with van der Waals surface area (Å²) in [4.78, 5) is 2.56. The summed E-state index contributed by atoms with van der Waals surface area (Å²) in [6.07, 6.45) is 5.27. The minimum absolute atomic E-state index is 1.15. The van der Waals surface area contributed by atoms with E-state index in [1.165, 1.54) is 49.2 Å². The van der Waals surface area contributed by atoms with Gasteiger partial charge in [0.15, 0.2) is 0 Å². The predicted octanol–water partition coefficient (Wildman–Crippen LogP) is 3.55. The van der Waals surface area contributed by atoms with Gasteiger partial charge in [-0.05, 0) is 44.2 Å².